The Bertz CT molecular complexity index is 560. The zero-order valence-electron chi connectivity index (χ0n) is 9.60. The van der Waals surface area contributed by atoms with Crippen molar-refractivity contribution in [1.82, 2.24) is 4.98 Å². The fourth-order valence-corrected chi connectivity index (χ4v) is 1.86. The minimum absolute atomic E-state index is 0.398. The Morgan fingerprint density at radius 2 is 2.11 bits per heavy atom. The van der Waals surface area contributed by atoms with Crippen LogP contribution in [-0.4, -0.2) is 10.1 Å². The van der Waals surface area contributed by atoms with Gasteiger partial charge in [0.1, 0.15) is 17.3 Å². The van der Waals surface area contributed by atoms with E-state index in [1.807, 2.05) is 0 Å². The van der Waals surface area contributed by atoms with Crippen molar-refractivity contribution in [2.75, 3.05) is 0 Å². The van der Waals surface area contributed by atoms with Gasteiger partial charge in [0.25, 0.3) is 0 Å². The first kappa shape index (κ1) is 13.0. The first-order chi connectivity index (χ1) is 8.56. The van der Waals surface area contributed by atoms with Crippen LogP contribution in [0.4, 0.5) is 4.39 Å². The fraction of sp³-hybridized carbons (Fsp3) is 0.154. The Kier molecular flexibility index (Phi) is 3.93. The molecule has 0 saturated heterocycles. The Morgan fingerprint density at radius 3 is 2.78 bits per heavy atom. The van der Waals surface area contributed by atoms with E-state index in [1.165, 1.54) is 18.2 Å². The summed E-state index contributed by atoms with van der Waals surface area (Å²) < 4.78 is 19.5. The molecule has 0 spiro atoms. The molecule has 1 aromatic carbocycles. The van der Waals surface area contributed by atoms with Crippen LogP contribution in [0.2, 0.25) is 0 Å². The van der Waals surface area contributed by atoms with E-state index in [1.54, 1.807) is 25.4 Å². The van der Waals surface area contributed by atoms with Gasteiger partial charge in [-0.25, -0.2) is 4.39 Å². The molecule has 5 heteroatoms. The van der Waals surface area contributed by atoms with E-state index in [0.29, 0.717) is 17.1 Å². The van der Waals surface area contributed by atoms with Crippen LogP contribution in [0.15, 0.2) is 41.1 Å². The number of aliphatic hydroxyl groups is 1. The van der Waals surface area contributed by atoms with Gasteiger partial charge >= 0.3 is 0 Å². The highest BCUT2D eigenvalue weighted by atomic mass is 79.9. The smallest absolute Gasteiger partial charge is 0.146 e. The molecule has 0 radical (unpaired) electrons. The van der Waals surface area contributed by atoms with Gasteiger partial charge in [-0.3, -0.25) is 4.98 Å². The molecule has 0 aliphatic carbocycles. The summed E-state index contributed by atoms with van der Waals surface area (Å²) in [5.74, 6) is 0.509. The molecule has 0 saturated carbocycles. The molecule has 18 heavy (non-hydrogen) atoms. The number of hydrogen-bond donors (Lipinski definition) is 1. The van der Waals surface area contributed by atoms with E-state index in [4.69, 9.17) is 4.74 Å². The van der Waals surface area contributed by atoms with Crippen LogP contribution < -0.4 is 4.74 Å². The minimum Gasteiger partial charge on any atom is -0.455 e. The normalized spacial score (nSPS) is 12.2. The summed E-state index contributed by atoms with van der Waals surface area (Å²) in [7, 11) is 0. The molecule has 0 bridgehead atoms. The van der Waals surface area contributed by atoms with Gasteiger partial charge in [-0.15, -0.1) is 0 Å². The minimum atomic E-state index is -0.809. The van der Waals surface area contributed by atoms with Gasteiger partial charge in [-0.1, -0.05) is 0 Å². The van der Waals surface area contributed by atoms with Gasteiger partial charge in [0.2, 0.25) is 0 Å². The molecule has 0 amide bonds. The van der Waals surface area contributed by atoms with Crippen molar-refractivity contribution in [2.45, 2.75) is 13.0 Å². The van der Waals surface area contributed by atoms with Crippen LogP contribution >= 0.6 is 15.9 Å². The molecular weight excluding hydrogens is 301 g/mol. The lowest BCUT2D eigenvalue weighted by atomic mass is 10.1. The molecule has 0 unspecified atom stereocenters. The van der Waals surface area contributed by atoms with Crippen molar-refractivity contribution >= 4 is 15.9 Å². The van der Waals surface area contributed by atoms with Gasteiger partial charge in [-0.2, -0.15) is 0 Å². The molecule has 0 aliphatic heterocycles. The van der Waals surface area contributed by atoms with E-state index in [2.05, 4.69) is 20.9 Å². The maximum atomic E-state index is 13.1. The van der Waals surface area contributed by atoms with Gasteiger partial charge in [-0.05, 0) is 47.1 Å². The average molecular weight is 312 g/mol. The second-order valence-electron chi connectivity index (χ2n) is 3.80. The first-order valence-corrected chi connectivity index (χ1v) is 6.11. The van der Waals surface area contributed by atoms with E-state index < -0.39 is 11.9 Å². The third-order valence-corrected chi connectivity index (χ3v) is 2.76. The number of hydrogen-bond acceptors (Lipinski definition) is 3. The highest BCUT2D eigenvalue weighted by Gasteiger charge is 2.11. The molecule has 2 rings (SSSR count). The molecule has 2 aromatic rings. The second-order valence-corrected chi connectivity index (χ2v) is 4.71. The molecule has 1 N–H and O–H groups in total. The molecule has 0 fully saturated rings. The summed E-state index contributed by atoms with van der Waals surface area (Å²) in [4.78, 5) is 3.96. The maximum Gasteiger partial charge on any atom is 0.146 e. The lowest BCUT2D eigenvalue weighted by molar-refractivity contribution is 0.195. The molecule has 0 aliphatic rings. The monoisotopic (exact) mass is 311 g/mol. The van der Waals surface area contributed by atoms with Crippen LogP contribution in [0.25, 0.3) is 0 Å². The molecular formula is C13H11BrFNO2. The number of pyridine rings is 1. The highest BCUT2D eigenvalue weighted by Crippen LogP contribution is 2.30. The number of halogens is 2. The van der Waals surface area contributed by atoms with Crippen molar-refractivity contribution in [3.63, 3.8) is 0 Å². The Labute approximate surface area is 112 Å². The zero-order valence-corrected chi connectivity index (χ0v) is 11.2. The van der Waals surface area contributed by atoms with Gasteiger partial charge in [0.15, 0.2) is 0 Å². The van der Waals surface area contributed by atoms with E-state index in [9.17, 15) is 9.50 Å². The van der Waals surface area contributed by atoms with Crippen molar-refractivity contribution in [3.05, 3.63) is 52.5 Å². The van der Waals surface area contributed by atoms with Crippen LogP contribution in [-0.2, 0) is 0 Å². The van der Waals surface area contributed by atoms with Gasteiger partial charge < -0.3 is 9.84 Å². The van der Waals surface area contributed by atoms with Crippen molar-refractivity contribution in [2.24, 2.45) is 0 Å². The van der Waals surface area contributed by atoms with E-state index in [0.717, 1.165) is 4.47 Å². The average Bonchev–Trinajstić information content (AvgIpc) is 2.31. The van der Waals surface area contributed by atoms with Crippen LogP contribution in [0, 0.1) is 5.82 Å². The largest absolute Gasteiger partial charge is 0.455 e. The Balaban J connectivity index is 2.34. The SMILES string of the molecule is C[C@H](O)c1cc(F)ccc1Oc1cncc(Br)c1. The summed E-state index contributed by atoms with van der Waals surface area (Å²) in [5.41, 5.74) is 0.398. The standard InChI is InChI=1S/C13H11BrFNO2/c1-8(17)12-5-10(15)2-3-13(12)18-11-4-9(14)6-16-7-11/h2-8,17H,1H3/t8-/m0/s1. The summed E-state index contributed by atoms with van der Waals surface area (Å²) in [6.45, 7) is 1.56. The predicted octanol–water partition coefficient (Wildman–Crippen LogP) is 3.83. The van der Waals surface area contributed by atoms with Crippen molar-refractivity contribution in [1.29, 1.82) is 0 Å². The molecule has 1 atom stereocenters. The topological polar surface area (TPSA) is 42.4 Å². The van der Waals surface area contributed by atoms with Gasteiger partial charge in [0.05, 0.1) is 12.3 Å². The third kappa shape index (κ3) is 3.05. The van der Waals surface area contributed by atoms with E-state index in [-0.39, 0.29) is 0 Å². The predicted molar refractivity (Wildman–Crippen MR) is 69.0 cm³/mol. The summed E-state index contributed by atoms with van der Waals surface area (Å²) in [5, 5.41) is 9.59. The van der Waals surface area contributed by atoms with Crippen LogP contribution in [0.5, 0.6) is 11.5 Å². The third-order valence-electron chi connectivity index (χ3n) is 2.33. The lowest BCUT2D eigenvalue weighted by Gasteiger charge is -2.13. The number of benzene rings is 1. The van der Waals surface area contributed by atoms with Crippen molar-refractivity contribution < 1.29 is 14.2 Å². The number of aromatic nitrogens is 1. The zero-order chi connectivity index (χ0) is 13.1. The van der Waals surface area contributed by atoms with Crippen LogP contribution in [0.3, 0.4) is 0 Å². The number of nitrogens with zero attached hydrogens (tertiary/aromatic N) is 1. The number of aliphatic hydroxyl groups excluding tert-OH is 1. The second kappa shape index (κ2) is 5.46. The Morgan fingerprint density at radius 1 is 1.33 bits per heavy atom. The first-order valence-electron chi connectivity index (χ1n) is 5.32. The number of rotatable bonds is 3. The van der Waals surface area contributed by atoms with Crippen LogP contribution in [0.1, 0.15) is 18.6 Å². The Hall–Kier alpha value is -1.46. The van der Waals surface area contributed by atoms with Crippen molar-refractivity contribution in [3.8, 4) is 11.5 Å². The maximum absolute atomic E-state index is 13.1. The summed E-state index contributed by atoms with van der Waals surface area (Å²) in [6.07, 6.45) is 2.36. The quantitative estimate of drug-likeness (QED) is 0.936. The summed E-state index contributed by atoms with van der Waals surface area (Å²) >= 11 is 3.28. The highest BCUT2D eigenvalue weighted by molar-refractivity contribution is 9.10. The lowest BCUT2D eigenvalue weighted by Crippen LogP contribution is -1.97. The molecule has 94 valence electrons. The molecule has 1 aromatic heterocycles. The van der Waals surface area contributed by atoms with E-state index >= 15 is 0 Å². The number of ether oxygens (including phenoxy) is 1. The molecule has 3 nitrogen and oxygen atoms in total. The summed E-state index contributed by atoms with van der Waals surface area (Å²) in [6, 6.07) is 5.76. The molecule has 1 heterocycles. The fourth-order valence-electron chi connectivity index (χ4n) is 1.51. The van der Waals surface area contributed by atoms with Gasteiger partial charge in [0, 0.05) is 16.2 Å².